The van der Waals surface area contributed by atoms with Gasteiger partial charge in [-0.05, 0) is 76.7 Å². The number of hydrogen-bond donors (Lipinski definition) is 3. The van der Waals surface area contributed by atoms with Gasteiger partial charge in [0.15, 0.2) is 0 Å². The Morgan fingerprint density at radius 1 is 1.06 bits per heavy atom. The molecule has 0 radical (unpaired) electrons. The average molecular weight is 470 g/mol. The molecule has 2 aliphatic carbocycles. The molecule has 0 spiro atoms. The summed E-state index contributed by atoms with van der Waals surface area (Å²) in [7, 11) is 3.75. The SMILES string of the molecule is CC(N)=O.CNC.c1ccc(Nc2nc(OC3CCCCC3)c3c4c(sc3n2)CCC4)cc1. The molecular weight excluding hydrogens is 434 g/mol. The van der Waals surface area contributed by atoms with E-state index >= 15 is 0 Å². The maximum atomic E-state index is 9.22. The minimum atomic E-state index is -0.333. The molecule has 178 valence electrons. The molecule has 2 aromatic heterocycles. The third-order valence-electron chi connectivity index (χ3n) is 5.39. The van der Waals surface area contributed by atoms with Crippen LogP contribution in [0.5, 0.6) is 5.88 Å². The van der Waals surface area contributed by atoms with Crippen LogP contribution in [-0.4, -0.2) is 36.1 Å². The molecule has 1 aromatic carbocycles. The topological polar surface area (TPSA) is 102 Å². The van der Waals surface area contributed by atoms with E-state index in [-0.39, 0.29) is 5.91 Å². The number of carbonyl (C=O) groups is 1. The number of fused-ring (bicyclic) bond motifs is 3. The van der Waals surface area contributed by atoms with Gasteiger partial charge in [0, 0.05) is 17.5 Å². The van der Waals surface area contributed by atoms with Crippen molar-refractivity contribution in [2.24, 2.45) is 5.73 Å². The zero-order chi connectivity index (χ0) is 23.6. The van der Waals surface area contributed by atoms with Crippen LogP contribution < -0.4 is 21.1 Å². The molecular formula is C25H35N5O2S. The van der Waals surface area contributed by atoms with Crippen molar-refractivity contribution in [3.05, 3.63) is 40.8 Å². The van der Waals surface area contributed by atoms with Crippen LogP contribution in [0.3, 0.4) is 0 Å². The highest BCUT2D eigenvalue weighted by Gasteiger charge is 2.25. The Kier molecular flexibility index (Phi) is 9.45. The third-order valence-corrected chi connectivity index (χ3v) is 6.58. The largest absolute Gasteiger partial charge is 0.474 e. The maximum absolute atomic E-state index is 9.22. The van der Waals surface area contributed by atoms with Crippen molar-refractivity contribution >= 4 is 39.1 Å². The van der Waals surface area contributed by atoms with Gasteiger partial charge >= 0.3 is 0 Å². The van der Waals surface area contributed by atoms with E-state index in [1.54, 1.807) is 0 Å². The number of rotatable bonds is 4. The minimum Gasteiger partial charge on any atom is -0.474 e. The van der Waals surface area contributed by atoms with E-state index in [0.717, 1.165) is 35.7 Å². The highest BCUT2D eigenvalue weighted by Crippen LogP contribution is 2.41. The van der Waals surface area contributed by atoms with Crippen LogP contribution >= 0.6 is 11.3 Å². The minimum absolute atomic E-state index is 0.295. The van der Waals surface area contributed by atoms with E-state index in [0.29, 0.717) is 12.1 Å². The number of aromatic nitrogens is 2. The molecule has 0 bridgehead atoms. The van der Waals surface area contributed by atoms with Crippen LogP contribution in [0.1, 0.15) is 55.9 Å². The lowest BCUT2D eigenvalue weighted by Gasteiger charge is -2.23. The Morgan fingerprint density at radius 2 is 1.73 bits per heavy atom. The number of primary amides is 1. The van der Waals surface area contributed by atoms with Gasteiger partial charge in [-0.15, -0.1) is 11.3 Å². The molecule has 0 atom stereocenters. The Labute approximate surface area is 200 Å². The van der Waals surface area contributed by atoms with E-state index in [9.17, 15) is 4.79 Å². The van der Waals surface area contributed by atoms with Gasteiger partial charge in [0.25, 0.3) is 0 Å². The Morgan fingerprint density at radius 3 is 2.39 bits per heavy atom. The summed E-state index contributed by atoms with van der Waals surface area (Å²) in [6, 6.07) is 10.1. The molecule has 0 saturated heterocycles. The van der Waals surface area contributed by atoms with E-state index in [1.165, 1.54) is 54.9 Å². The van der Waals surface area contributed by atoms with E-state index in [2.05, 4.69) is 16.4 Å². The number of nitrogens with zero attached hydrogens (tertiary/aromatic N) is 2. The van der Waals surface area contributed by atoms with Crippen molar-refractivity contribution in [1.82, 2.24) is 15.3 Å². The number of thiophene rings is 1. The fraction of sp³-hybridized carbons (Fsp3) is 0.480. The smallest absolute Gasteiger partial charge is 0.231 e. The van der Waals surface area contributed by atoms with Crippen LogP contribution in [0.25, 0.3) is 10.2 Å². The molecule has 33 heavy (non-hydrogen) atoms. The lowest BCUT2D eigenvalue weighted by atomic mass is 9.98. The third kappa shape index (κ3) is 7.14. The molecule has 8 heteroatoms. The highest BCUT2D eigenvalue weighted by atomic mass is 32.1. The maximum Gasteiger partial charge on any atom is 0.231 e. The number of benzene rings is 1. The summed E-state index contributed by atoms with van der Waals surface area (Å²) in [4.78, 5) is 21.4. The first-order valence-electron chi connectivity index (χ1n) is 11.7. The summed E-state index contributed by atoms with van der Waals surface area (Å²) < 4.78 is 6.45. The molecule has 2 heterocycles. The van der Waals surface area contributed by atoms with Crippen LogP contribution in [0.2, 0.25) is 0 Å². The fourth-order valence-electron chi connectivity index (χ4n) is 4.10. The van der Waals surface area contributed by atoms with Gasteiger partial charge in [-0.3, -0.25) is 4.79 Å². The molecule has 0 aliphatic heterocycles. The molecule has 7 nitrogen and oxygen atoms in total. The summed E-state index contributed by atoms with van der Waals surface area (Å²) in [6.45, 7) is 1.31. The number of aryl methyl sites for hydroxylation is 2. The second-order valence-corrected chi connectivity index (χ2v) is 9.45. The fourth-order valence-corrected chi connectivity index (χ4v) is 5.35. The monoisotopic (exact) mass is 469 g/mol. The number of ether oxygens (including phenoxy) is 1. The van der Waals surface area contributed by atoms with Crippen LogP contribution in [0.4, 0.5) is 11.6 Å². The zero-order valence-electron chi connectivity index (χ0n) is 19.8. The van der Waals surface area contributed by atoms with Gasteiger partial charge in [0.05, 0.1) is 5.39 Å². The van der Waals surface area contributed by atoms with E-state index in [4.69, 9.17) is 14.7 Å². The number of carbonyl (C=O) groups excluding carboxylic acids is 1. The van der Waals surface area contributed by atoms with Crippen molar-refractivity contribution in [1.29, 1.82) is 0 Å². The number of nitrogens with one attached hydrogen (secondary N) is 2. The van der Waals surface area contributed by atoms with Crippen molar-refractivity contribution in [3.63, 3.8) is 0 Å². The first-order valence-corrected chi connectivity index (χ1v) is 12.5. The van der Waals surface area contributed by atoms with Gasteiger partial charge in [-0.25, -0.2) is 4.98 Å². The van der Waals surface area contributed by atoms with Crippen molar-refractivity contribution < 1.29 is 9.53 Å². The molecule has 3 aromatic rings. The lowest BCUT2D eigenvalue weighted by Crippen LogP contribution is -2.20. The Hall–Kier alpha value is -2.71. The summed E-state index contributed by atoms with van der Waals surface area (Å²) in [5.74, 6) is 1.09. The number of amides is 1. The van der Waals surface area contributed by atoms with Gasteiger partial charge < -0.3 is 21.1 Å². The standard InChI is InChI=1S/C21H23N3OS.C2H5NO.C2H7N/c1-3-8-14(9-4-1)22-21-23-19(25-15-10-5-2-6-11-15)18-16-12-7-13-17(16)26-20(18)24-21;1-2(3)4;1-3-2/h1,3-4,8-9,15H,2,5-7,10-13H2,(H,22,23,24);1H3,(H2,3,4);3H,1-2H3. The normalized spacial score (nSPS) is 15.0. The number of para-hydroxylation sites is 1. The second-order valence-electron chi connectivity index (χ2n) is 8.37. The Balaban J connectivity index is 0.000000390. The zero-order valence-corrected chi connectivity index (χ0v) is 20.6. The second kappa shape index (κ2) is 12.5. The van der Waals surface area contributed by atoms with Crippen LogP contribution in [0.15, 0.2) is 30.3 Å². The van der Waals surface area contributed by atoms with Crippen LogP contribution in [-0.2, 0) is 17.6 Å². The molecule has 1 fully saturated rings. The van der Waals surface area contributed by atoms with Crippen LogP contribution in [0, 0.1) is 0 Å². The lowest BCUT2D eigenvalue weighted by molar-refractivity contribution is -0.115. The number of hydrogen-bond acceptors (Lipinski definition) is 7. The van der Waals surface area contributed by atoms with Gasteiger partial charge in [0.1, 0.15) is 10.9 Å². The quantitative estimate of drug-likeness (QED) is 0.499. The molecule has 1 amide bonds. The predicted molar refractivity (Wildman–Crippen MR) is 137 cm³/mol. The van der Waals surface area contributed by atoms with Crippen molar-refractivity contribution in [2.75, 3.05) is 19.4 Å². The van der Waals surface area contributed by atoms with E-state index in [1.807, 2.05) is 55.8 Å². The molecule has 2 aliphatic rings. The van der Waals surface area contributed by atoms with Gasteiger partial charge in [0.2, 0.25) is 17.7 Å². The summed E-state index contributed by atoms with van der Waals surface area (Å²) in [5, 5.41) is 7.27. The molecule has 5 rings (SSSR count). The van der Waals surface area contributed by atoms with Gasteiger partial charge in [-0.1, -0.05) is 24.6 Å². The molecule has 0 unspecified atom stereocenters. The summed E-state index contributed by atoms with van der Waals surface area (Å²) in [6.07, 6.45) is 9.96. The number of anilines is 2. The van der Waals surface area contributed by atoms with Gasteiger partial charge in [-0.2, -0.15) is 4.98 Å². The van der Waals surface area contributed by atoms with Crippen molar-refractivity contribution in [3.8, 4) is 5.88 Å². The first kappa shape index (κ1) is 24.9. The predicted octanol–water partition coefficient (Wildman–Crippen LogP) is 4.96. The Bertz CT molecular complexity index is 1030. The first-order chi connectivity index (χ1) is 16.0. The number of nitrogens with two attached hydrogens (primary N) is 1. The van der Waals surface area contributed by atoms with Crippen molar-refractivity contribution in [2.45, 2.75) is 64.4 Å². The summed E-state index contributed by atoms with van der Waals surface area (Å²) in [5.41, 5.74) is 6.90. The highest BCUT2D eigenvalue weighted by molar-refractivity contribution is 7.19. The molecule has 4 N–H and O–H groups in total. The average Bonchev–Trinajstić information content (AvgIpc) is 3.36. The van der Waals surface area contributed by atoms with E-state index < -0.39 is 0 Å². The molecule has 1 saturated carbocycles. The summed E-state index contributed by atoms with van der Waals surface area (Å²) >= 11 is 1.82.